The van der Waals surface area contributed by atoms with Crippen LogP contribution in [0.15, 0.2) is 28.7 Å². The molecular formula is C13H10BrF2NO2. The van der Waals surface area contributed by atoms with Gasteiger partial charge in [0.15, 0.2) is 0 Å². The third kappa shape index (κ3) is 2.40. The molecule has 2 rings (SSSR count). The van der Waals surface area contributed by atoms with Gasteiger partial charge in [-0.15, -0.1) is 0 Å². The van der Waals surface area contributed by atoms with Crippen LogP contribution in [0.1, 0.15) is 17.4 Å². The standard InChI is InChI=1S/C13H10BrF2NO2/c1-2-17-11(3-4-12(17)13(18)19)7-5-10(16)8(14)6-9(7)15/h3-6H,2H2,1H3,(H,18,19). The van der Waals surface area contributed by atoms with Gasteiger partial charge < -0.3 is 9.67 Å². The third-order valence-electron chi connectivity index (χ3n) is 2.80. The maximum absolute atomic E-state index is 13.9. The van der Waals surface area contributed by atoms with E-state index in [4.69, 9.17) is 5.11 Å². The van der Waals surface area contributed by atoms with Crippen molar-refractivity contribution in [3.63, 3.8) is 0 Å². The summed E-state index contributed by atoms with van der Waals surface area (Å²) in [6, 6.07) is 4.92. The largest absolute Gasteiger partial charge is 0.477 e. The highest BCUT2D eigenvalue weighted by atomic mass is 79.9. The van der Waals surface area contributed by atoms with E-state index in [-0.39, 0.29) is 15.7 Å². The number of rotatable bonds is 3. The third-order valence-corrected chi connectivity index (χ3v) is 3.41. The zero-order chi connectivity index (χ0) is 14.2. The van der Waals surface area contributed by atoms with Gasteiger partial charge in [-0.1, -0.05) is 0 Å². The molecule has 3 nitrogen and oxygen atoms in total. The molecule has 0 aliphatic heterocycles. The topological polar surface area (TPSA) is 42.2 Å². The number of carboxylic acid groups (broad SMARTS) is 1. The normalized spacial score (nSPS) is 10.7. The number of benzene rings is 1. The number of aromatic carboxylic acids is 1. The van der Waals surface area contributed by atoms with Gasteiger partial charge in [-0.3, -0.25) is 0 Å². The number of carboxylic acids is 1. The summed E-state index contributed by atoms with van der Waals surface area (Å²) in [6.45, 7) is 2.09. The molecule has 1 aromatic carbocycles. The van der Waals surface area contributed by atoms with Gasteiger partial charge in [-0.05, 0) is 47.1 Å². The Balaban J connectivity index is 2.66. The van der Waals surface area contributed by atoms with Crippen molar-refractivity contribution in [2.24, 2.45) is 0 Å². The molecule has 6 heteroatoms. The molecule has 100 valence electrons. The zero-order valence-corrected chi connectivity index (χ0v) is 11.5. The highest BCUT2D eigenvalue weighted by Crippen LogP contribution is 2.29. The zero-order valence-electron chi connectivity index (χ0n) is 9.95. The first kappa shape index (κ1) is 13.7. The first-order chi connectivity index (χ1) is 8.95. The van der Waals surface area contributed by atoms with Crippen LogP contribution in [0.2, 0.25) is 0 Å². The number of hydrogen-bond donors (Lipinski definition) is 1. The summed E-state index contributed by atoms with van der Waals surface area (Å²) in [7, 11) is 0. The molecule has 0 saturated carbocycles. The average Bonchev–Trinajstić information content (AvgIpc) is 2.77. The van der Waals surface area contributed by atoms with E-state index >= 15 is 0 Å². The van der Waals surface area contributed by atoms with Crippen LogP contribution in [0.4, 0.5) is 8.78 Å². The molecule has 0 amide bonds. The van der Waals surface area contributed by atoms with Crippen molar-refractivity contribution in [3.05, 3.63) is 46.1 Å². The van der Waals surface area contributed by atoms with E-state index in [9.17, 15) is 13.6 Å². The minimum Gasteiger partial charge on any atom is -0.477 e. The maximum Gasteiger partial charge on any atom is 0.352 e. The second kappa shape index (κ2) is 5.13. The molecule has 0 bridgehead atoms. The average molecular weight is 330 g/mol. The molecular weight excluding hydrogens is 320 g/mol. The second-order valence-electron chi connectivity index (χ2n) is 3.90. The van der Waals surface area contributed by atoms with Crippen molar-refractivity contribution in [1.82, 2.24) is 4.57 Å². The number of nitrogens with zero attached hydrogens (tertiary/aromatic N) is 1. The van der Waals surface area contributed by atoms with Crippen molar-refractivity contribution >= 4 is 21.9 Å². The molecule has 0 fully saturated rings. The first-order valence-corrected chi connectivity index (χ1v) is 6.32. The number of aromatic nitrogens is 1. The summed E-state index contributed by atoms with van der Waals surface area (Å²) in [4.78, 5) is 11.0. The van der Waals surface area contributed by atoms with Crippen LogP contribution in [0.25, 0.3) is 11.3 Å². The summed E-state index contributed by atoms with van der Waals surface area (Å²) < 4.78 is 28.8. The molecule has 0 radical (unpaired) electrons. The Kier molecular flexibility index (Phi) is 3.71. The Bertz CT molecular complexity index is 652. The summed E-state index contributed by atoms with van der Waals surface area (Å²) >= 11 is 2.90. The van der Waals surface area contributed by atoms with E-state index in [0.29, 0.717) is 12.2 Å². The van der Waals surface area contributed by atoms with Gasteiger partial charge in [-0.2, -0.15) is 0 Å². The molecule has 19 heavy (non-hydrogen) atoms. The Morgan fingerprint density at radius 1 is 1.32 bits per heavy atom. The number of carbonyl (C=O) groups is 1. The summed E-state index contributed by atoms with van der Waals surface area (Å²) in [5.74, 6) is -2.32. The lowest BCUT2D eigenvalue weighted by molar-refractivity contribution is 0.0685. The van der Waals surface area contributed by atoms with E-state index < -0.39 is 17.6 Å². The highest BCUT2D eigenvalue weighted by molar-refractivity contribution is 9.10. The van der Waals surface area contributed by atoms with Gasteiger partial charge in [0, 0.05) is 12.1 Å². The molecule has 0 spiro atoms. The quantitative estimate of drug-likeness (QED) is 0.867. The van der Waals surface area contributed by atoms with Gasteiger partial charge in [-0.25, -0.2) is 13.6 Å². The summed E-state index contributed by atoms with van der Waals surface area (Å²) in [6.07, 6.45) is 0. The van der Waals surface area contributed by atoms with Gasteiger partial charge in [0.05, 0.1) is 10.2 Å². The van der Waals surface area contributed by atoms with Crippen LogP contribution in [0, 0.1) is 11.6 Å². The lowest BCUT2D eigenvalue weighted by atomic mass is 10.1. The SMILES string of the molecule is CCn1c(C(=O)O)ccc1-c1cc(F)c(Br)cc1F. The van der Waals surface area contributed by atoms with E-state index in [1.54, 1.807) is 6.92 Å². The van der Waals surface area contributed by atoms with Crippen molar-refractivity contribution in [2.45, 2.75) is 13.5 Å². The fourth-order valence-electron chi connectivity index (χ4n) is 1.95. The van der Waals surface area contributed by atoms with Crippen molar-refractivity contribution in [1.29, 1.82) is 0 Å². The van der Waals surface area contributed by atoms with Crippen LogP contribution in [-0.4, -0.2) is 15.6 Å². The molecule has 0 aliphatic carbocycles. The molecule has 1 N–H and O–H groups in total. The van der Waals surface area contributed by atoms with Gasteiger partial charge >= 0.3 is 5.97 Å². The second-order valence-corrected chi connectivity index (χ2v) is 4.75. The lowest BCUT2D eigenvalue weighted by Gasteiger charge is -2.10. The monoisotopic (exact) mass is 329 g/mol. The molecule has 0 aliphatic rings. The van der Waals surface area contributed by atoms with E-state index in [1.165, 1.54) is 16.7 Å². The van der Waals surface area contributed by atoms with Gasteiger partial charge in [0.25, 0.3) is 0 Å². The van der Waals surface area contributed by atoms with Gasteiger partial charge in [0.2, 0.25) is 0 Å². The minimum atomic E-state index is -1.11. The fraction of sp³-hybridized carbons (Fsp3) is 0.154. The van der Waals surface area contributed by atoms with Crippen molar-refractivity contribution in [2.75, 3.05) is 0 Å². The number of hydrogen-bond acceptors (Lipinski definition) is 1. The Labute approximate surface area is 116 Å². The fourth-order valence-corrected chi connectivity index (χ4v) is 2.26. The van der Waals surface area contributed by atoms with Crippen LogP contribution in [0.5, 0.6) is 0 Å². The molecule has 0 unspecified atom stereocenters. The highest BCUT2D eigenvalue weighted by Gasteiger charge is 2.18. The maximum atomic E-state index is 13.9. The summed E-state index contributed by atoms with van der Waals surface area (Å²) in [5, 5.41) is 9.03. The molecule has 0 saturated heterocycles. The summed E-state index contributed by atoms with van der Waals surface area (Å²) in [5.41, 5.74) is 0.416. The predicted molar refractivity (Wildman–Crippen MR) is 70.1 cm³/mol. The van der Waals surface area contributed by atoms with E-state index in [2.05, 4.69) is 15.9 Å². The van der Waals surface area contributed by atoms with Crippen LogP contribution >= 0.6 is 15.9 Å². The van der Waals surface area contributed by atoms with E-state index in [0.717, 1.165) is 12.1 Å². The van der Waals surface area contributed by atoms with Crippen LogP contribution < -0.4 is 0 Å². The molecule has 0 atom stereocenters. The van der Waals surface area contributed by atoms with E-state index in [1.807, 2.05) is 0 Å². The Morgan fingerprint density at radius 3 is 2.58 bits per heavy atom. The van der Waals surface area contributed by atoms with Crippen molar-refractivity contribution < 1.29 is 18.7 Å². The lowest BCUT2D eigenvalue weighted by Crippen LogP contribution is -2.08. The minimum absolute atomic E-state index is 0.0295. The smallest absolute Gasteiger partial charge is 0.352 e. The molecule has 2 aromatic rings. The van der Waals surface area contributed by atoms with Crippen molar-refractivity contribution in [3.8, 4) is 11.3 Å². The number of halogens is 3. The molecule has 1 heterocycles. The van der Waals surface area contributed by atoms with Crippen LogP contribution in [-0.2, 0) is 6.54 Å². The first-order valence-electron chi connectivity index (χ1n) is 5.53. The van der Waals surface area contributed by atoms with Gasteiger partial charge in [0.1, 0.15) is 17.3 Å². The predicted octanol–water partition coefficient (Wildman–Crippen LogP) is 3.91. The molecule has 1 aromatic heterocycles. The Hall–Kier alpha value is -1.69. The Morgan fingerprint density at radius 2 is 2.00 bits per heavy atom. The van der Waals surface area contributed by atoms with Crippen LogP contribution in [0.3, 0.4) is 0 Å².